The summed E-state index contributed by atoms with van der Waals surface area (Å²) in [7, 11) is 1.32. The van der Waals surface area contributed by atoms with E-state index in [1.807, 2.05) is 12.1 Å². The van der Waals surface area contributed by atoms with Crippen LogP contribution in [0.4, 0.5) is 4.39 Å². The molecule has 1 saturated carbocycles. The van der Waals surface area contributed by atoms with Crippen LogP contribution in [0.1, 0.15) is 63.4 Å². The fourth-order valence-electron chi connectivity index (χ4n) is 4.15. The average molecular weight is 372 g/mol. The molecule has 27 heavy (non-hydrogen) atoms. The Balaban J connectivity index is 1.80. The number of aromatic amines is 1. The van der Waals surface area contributed by atoms with Gasteiger partial charge in [0.1, 0.15) is 11.5 Å². The van der Waals surface area contributed by atoms with Gasteiger partial charge >= 0.3 is 5.97 Å². The van der Waals surface area contributed by atoms with Crippen LogP contribution in [0.3, 0.4) is 0 Å². The molecule has 1 amide bonds. The first kappa shape index (κ1) is 19.1. The molecule has 0 bridgehead atoms. The molecule has 0 spiro atoms. The van der Waals surface area contributed by atoms with Crippen LogP contribution in [-0.2, 0) is 10.2 Å². The SMILES string of the molecule is COC(=O)c1c(C)[nH]c(C(=O)NCC2(c3ccc(F)cc3)CCCC2)c1C. The van der Waals surface area contributed by atoms with Crippen molar-refractivity contribution in [3.05, 3.63) is 58.2 Å². The molecule has 144 valence electrons. The predicted octanol–water partition coefficient (Wildman–Crippen LogP) is 3.80. The van der Waals surface area contributed by atoms with E-state index < -0.39 is 5.97 Å². The molecule has 0 unspecified atom stereocenters. The minimum absolute atomic E-state index is 0.177. The van der Waals surface area contributed by atoms with Crippen LogP contribution in [0.15, 0.2) is 24.3 Å². The zero-order chi connectivity index (χ0) is 19.6. The molecular formula is C21H25FN2O3. The molecule has 2 N–H and O–H groups in total. The first-order chi connectivity index (χ1) is 12.9. The van der Waals surface area contributed by atoms with Crippen molar-refractivity contribution in [2.45, 2.75) is 44.9 Å². The molecule has 2 aromatic rings. The van der Waals surface area contributed by atoms with E-state index in [-0.39, 0.29) is 17.1 Å². The van der Waals surface area contributed by atoms with E-state index >= 15 is 0 Å². The average Bonchev–Trinajstić information content (AvgIpc) is 3.25. The minimum Gasteiger partial charge on any atom is -0.465 e. The first-order valence-corrected chi connectivity index (χ1v) is 9.20. The smallest absolute Gasteiger partial charge is 0.339 e. The number of methoxy groups -OCH3 is 1. The maximum Gasteiger partial charge on any atom is 0.339 e. The largest absolute Gasteiger partial charge is 0.465 e. The third kappa shape index (κ3) is 3.61. The van der Waals surface area contributed by atoms with Crippen molar-refractivity contribution in [1.29, 1.82) is 0 Å². The number of hydrogen-bond donors (Lipinski definition) is 2. The van der Waals surface area contributed by atoms with E-state index in [1.165, 1.54) is 19.2 Å². The molecule has 1 heterocycles. The number of amides is 1. The molecule has 1 aromatic carbocycles. The van der Waals surface area contributed by atoms with Crippen LogP contribution in [-0.4, -0.2) is 30.5 Å². The number of aryl methyl sites for hydroxylation is 1. The highest BCUT2D eigenvalue weighted by Gasteiger charge is 2.36. The van der Waals surface area contributed by atoms with Gasteiger partial charge in [-0.05, 0) is 49.9 Å². The topological polar surface area (TPSA) is 71.2 Å². The summed E-state index contributed by atoms with van der Waals surface area (Å²) >= 11 is 0. The maximum absolute atomic E-state index is 13.3. The fraction of sp³-hybridized carbons (Fsp3) is 0.429. The van der Waals surface area contributed by atoms with Gasteiger partial charge in [-0.15, -0.1) is 0 Å². The van der Waals surface area contributed by atoms with Crippen molar-refractivity contribution in [1.82, 2.24) is 10.3 Å². The molecule has 1 aromatic heterocycles. The molecule has 0 aliphatic heterocycles. The molecule has 6 heteroatoms. The highest BCUT2D eigenvalue weighted by atomic mass is 19.1. The van der Waals surface area contributed by atoms with Gasteiger partial charge in [-0.3, -0.25) is 4.79 Å². The lowest BCUT2D eigenvalue weighted by Gasteiger charge is -2.30. The quantitative estimate of drug-likeness (QED) is 0.784. The molecule has 1 fully saturated rings. The van der Waals surface area contributed by atoms with Crippen molar-refractivity contribution in [3.8, 4) is 0 Å². The molecule has 0 atom stereocenters. The molecular weight excluding hydrogens is 347 g/mol. The van der Waals surface area contributed by atoms with Crippen LogP contribution in [0.2, 0.25) is 0 Å². The second-order valence-electron chi connectivity index (χ2n) is 7.29. The lowest BCUT2D eigenvalue weighted by Crippen LogP contribution is -2.39. The third-order valence-electron chi connectivity index (χ3n) is 5.66. The van der Waals surface area contributed by atoms with Crippen molar-refractivity contribution in [3.63, 3.8) is 0 Å². The summed E-state index contributed by atoms with van der Waals surface area (Å²) in [6.07, 6.45) is 4.07. The number of carbonyl (C=O) groups is 2. The van der Waals surface area contributed by atoms with Crippen LogP contribution in [0.25, 0.3) is 0 Å². The summed E-state index contributed by atoms with van der Waals surface area (Å²) in [4.78, 5) is 27.7. The minimum atomic E-state index is -0.459. The number of aromatic nitrogens is 1. The summed E-state index contributed by atoms with van der Waals surface area (Å²) in [6.45, 7) is 3.95. The number of halogens is 1. The number of rotatable bonds is 5. The van der Waals surface area contributed by atoms with Gasteiger partial charge in [0.15, 0.2) is 0 Å². The Morgan fingerprint density at radius 2 is 1.81 bits per heavy atom. The molecule has 5 nitrogen and oxygen atoms in total. The standard InChI is InChI=1S/C21H25FN2O3/c1-13-17(20(26)27-3)14(2)24-18(13)19(25)23-12-21(10-4-5-11-21)15-6-8-16(22)9-7-15/h6-9,24H,4-5,10-12H2,1-3H3,(H,23,25). The third-order valence-corrected chi connectivity index (χ3v) is 5.66. The lowest BCUT2D eigenvalue weighted by molar-refractivity contribution is 0.0599. The summed E-state index contributed by atoms with van der Waals surface area (Å²) in [5.74, 6) is -0.971. The molecule has 1 aliphatic rings. The van der Waals surface area contributed by atoms with Gasteiger partial charge in [-0.1, -0.05) is 25.0 Å². The van der Waals surface area contributed by atoms with Crippen LogP contribution in [0.5, 0.6) is 0 Å². The normalized spacial score (nSPS) is 15.6. The Kier molecular flexibility index (Phi) is 5.35. The van der Waals surface area contributed by atoms with Gasteiger partial charge in [0, 0.05) is 17.7 Å². The maximum atomic E-state index is 13.3. The van der Waals surface area contributed by atoms with E-state index in [0.29, 0.717) is 29.1 Å². The summed E-state index contributed by atoms with van der Waals surface area (Å²) in [5, 5.41) is 3.02. The zero-order valence-corrected chi connectivity index (χ0v) is 15.9. The van der Waals surface area contributed by atoms with E-state index in [0.717, 1.165) is 31.2 Å². The Bertz CT molecular complexity index is 849. The Morgan fingerprint density at radius 3 is 2.41 bits per heavy atom. The number of carbonyl (C=O) groups excluding carboxylic acids is 2. The Hall–Kier alpha value is -2.63. The molecule has 0 radical (unpaired) electrons. The van der Waals surface area contributed by atoms with Crippen molar-refractivity contribution < 1.29 is 18.7 Å². The number of hydrogen-bond acceptors (Lipinski definition) is 3. The molecule has 3 rings (SSSR count). The first-order valence-electron chi connectivity index (χ1n) is 9.20. The van der Waals surface area contributed by atoms with Crippen molar-refractivity contribution in [2.75, 3.05) is 13.7 Å². The van der Waals surface area contributed by atoms with Crippen molar-refractivity contribution >= 4 is 11.9 Å². The number of ether oxygens (including phenoxy) is 1. The van der Waals surface area contributed by atoms with Gasteiger partial charge in [0.05, 0.1) is 12.7 Å². The van der Waals surface area contributed by atoms with E-state index in [4.69, 9.17) is 4.74 Å². The highest BCUT2D eigenvalue weighted by Crippen LogP contribution is 2.40. The van der Waals surface area contributed by atoms with Crippen LogP contribution in [0, 0.1) is 19.7 Å². The summed E-state index contributed by atoms with van der Waals surface area (Å²) in [5.41, 5.74) is 2.84. The Labute approximate surface area is 158 Å². The molecule has 1 aliphatic carbocycles. The van der Waals surface area contributed by atoms with Gasteiger partial charge in [-0.25, -0.2) is 9.18 Å². The zero-order valence-electron chi connectivity index (χ0n) is 15.9. The van der Waals surface area contributed by atoms with Gasteiger partial charge in [-0.2, -0.15) is 0 Å². The van der Waals surface area contributed by atoms with E-state index in [2.05, 4.69) is 10.3 Å². The van der Waals surface area contributed by atoms with E-state index in [1.54, 1.807) is 13.8 Å². The van der Waals surface area contributed by atoms with Gasteiger partial charge < -0.3 is 15.0 Å². The second kappa shape index (κ2) is 7.55. The van der Waals surface area contributed by atoms with Gasteiger partial charge in [0.25, 0.3) is 5.91 Å². The molecule has 0 saturated heterocycles. The highest BCUT2D eigenvalue weighted by molar-refractivity contribution is 6.00. The number of nitrogens with one attached hydrogen (secondary N) is 2. The monoisotopic (exact) mass is 372 g/mol. The number of esters is 1. The summed E-state index contributed by atoms with van der Waals surface area (Å²) in [6, 6.07) is 6.56. The summed E-state index contributed by atoms with van der Waals surface area (Å²) < 4.78 is 18.1. The van der Waals surface area contributed by atoms with Gasteiger partial charge in [0.2, 0.25) is 0 Å². The second-order valence-corrected chi connectivity index (χ2v) is 7.29. The lowest BCUT2D eigenvalue weighted by atomic mass is 9.78. The van der Waals surface area contributed by atoms with Crippen LogP contribution < -0.4 is 5.32 Å². The van der Waals surface area contributed by atoms with E-state index in [9.17, 15) is 14.0 Å². The van der Waals surface area contributed by atoms with Crippen molar-refractivity contribution in [2.24, 2.45) is 0 Å². The fourth-order valence-corrected chi connectivity index (χ4v) is 4.15. The van der Waals surface area contributed by atoms with Crippen LogP contribution >= 0.6 is 0 Å². The predicted molar refractivity (Wildman–Crippen MR) is 100 cm³/mol. The number of H-pyrrole nitrogens is 1. The Morgan fingerprint density at radius 1 is 1.19 bits per heavy atom. The number of benzene rings is 1.